The highest BCUT2D eigenvalue weighted by Crippen LogP contribution is 2.38. The number of hydrogen-bond acceptors (Lipinski definition) is 5. The number of rotatable bonds is 3. The quantitative estimate of drug-likeness (QED) is 0.866. The standard InChI is InChI=1S/C16H22BN3O2/c1-11-6-12(10-20-14(11)9-19)7-13(8-18)17-21-15(2,3)16(4,5)22-17/h6-7,10H,8,18H2,1-5H3. The van der Waals surface area contributed by atoms with E-state index in [1.54, 1.807) is 6.20 Å². The summed E-state index contributed by atoms with van der Waals surface area (Å²) in [5.74, 6) is 0. The number of nitriles is 1. The predicted molar refractivity (Wildman–Crippen MR) is 86.8 cm³/mol. The average molecular weight is 299 g/mol. The molecule has 1 saturated heterocycles. The number of nitrogens with zero attached hydrogens (tertiary/aromatic N) is 2. The summed E-state index contributed by atoms with van der Waals surface area (Å²) in [6, 6.07) is 3.97. The van der Waals surface area contributed by atoms with E-state index in [1.165, 1.54) is 0 Å². The van der Waals surface area contributed by atoms with Crippen molar-refractivity contribution in [3.8, 4) is 6.07 Å². The molecule has 22 heavy (non-hydrogen) atoms. The SMILES string of the molecule is Cc1cc(C=C(CN)B2OC(C)(C)C(C)(C)O2)cnc1C#N. The van der Waals surface area contributed by atoms with Crippen LogP contribution in [0.5, 0.6) is 0 Å². The van der Waals surface area contributed by atoms with Gasteiger partial charge in [-0.3, -0.25) is 0 Å². The first-order chi connectivity index (χ1) is 10.2. The summed E-state index contributed by atoms with van der Waals surface area (Å²) in [6.45, 7) is 10.2. The van der Waals surface area contributed by atoms with Gasteiger partial charge in [-0.15, -0.1) is 0 Å². The molecule has 0 unspecified atom stereocenters. The number of aromatic nitrogens is 1. The summed E-state index contributed by atoms with van der Waals surface area (Å²) in [6.07, 6.45) is 3.58. The highest BCUT2D eigenvalue weighted by atomic mass is 16.7. The molecule has 0 radical (unpaired) electrons. The third-order valence-corrected chi connectivity index (χ3v) is 4.35. The molecule has 0 aromatic carbocycles. The van der Waals surface area contributed by atoms with Crippen molar-refractivity contribution in [3.63, 3.8) is 0 Å². The fraction of sp³-hybridized carbons (Fsp3) is 0.500. The van der Waals surface area contributed by atoms with Gasteiger partial charge in [0.2, 0.25) is 0 Å². The van der Waals surface area contributed by atoms with E-state index >= 15 is 0 Å². The average Bonchev–Trinajstić information content (AvgIpc) is 2.65. The summed E-state index contributed by atoms with van der Waals surface area (Å²) >= 11 is 0. The van der Waals surface area contributed by atoms with Crippen LogP contribution in [0.1, 0.15) is 44.5 Å². The fourth-order valence-electron chi connectivity index (χ4n) is 2.22. The van der Waals surface area contributed by atoms with E-state index in [0.717, 1.165) is 16.6 Å². The number of nitrogens with two attached hydrogens (primary N) is 1. The summed E-state index contributed by atoms with van der Waals surface area (Å²) in [4.78, 5) is 4.14. The van der Waals surface area contributed by atoms with Crippen LogP contribution in [0, 0.1) is 18.3 Å². The summed E-state index contributed by atoms with van der Waals surface area (Å²) < 4.78 is 12.0. The Labute approximate surface area is 132 Å². The lowest BCUT2D eigenvalue weighted by atomic mass is 9.77. The Morgan fingerprint density at radius 2 is 1.95 bits per heavy atom. The Kier molecular flexibility index (Phi) is 4.43. The molecule has 2 rings (SSSR count). The van der Waals surface area contributed by atoms with Crippen molar-refractivity contribution in [1.82, 2.24) is 4.98 Å². The van der Waals surface area contributed by atoms with Gasteiger partial charge in [0.15, 0.2) is 0 Å². The first-order valence-corrected chi connectivity index (χ1v) is 7.33. The lowest BCUT2D eigenvalue weighted by molar-refractivity contribution is 0.00578. The molecule has 1 aromatic rings. The minimum absolute atomic E-state index is 0.329. The van der Waals surface area contributed by atoms with Crippen LogP contribution in [-0.4, -0.2) is 29.8 Å². The third-order valence-electron chi connectivity index (χ3n) is 4.35. The van der Waals surface area contributed by atoms with Crippen LogP contribution in [0.15, 0.2) is 17.7 Å². The van der Waals surface area contributed by atoms with Crippen LogP contribution in [0.3, 0.4) is 0 Å². The van der Waals surface area contributed by atoms with E-state index in [0.29, 0.717) is 12.2 Å². The number of hydrogen-bond donors (Lipinski definition) is 1. The van der Waals surface area contributed by atoms with Gasteiger partial charge >= 0.3 is 7.12 Å². The Morgan fingerprint density at radius 1 is 1.36 bits per heavy atom. The Hall–Kier alpha value is -1.68. The van der Waals surface area contributed by atoms with Gasteiger partial charge in [0.1, 0.15) is 11.8 Å². The molecule has 0 aliphatic carbocycles. The maximum Gasteiger partial charge on any atom is 0.491 e. The van der Waals surface area contributed by atoms with Crippen LogP contribution in [0.2, 0.25) is 0 Å². The second-order valence-electron chi connectivity index (χ2n) is 6.56. The van der Waals surface area contributed by atoms with Crippen molar-refractivity contribution < 1.29 is 9.31 Å². The molecule has 5 nitrogen and oxygen atoms in total. The topological polar surface area (TPSA) is 81.2 Å². The molecule has 1 aliphatic rings. The van der Waals surface area contributed by atoms with Crippen molar-refractivity contribution in [2.75, 3.05) is 6.54 Å². The van der Waals surface area contributed by atoms with Crippen molar-refractivity contribution in [1.29, 1.82) is 5.26 Å². The van der Waals surface area contributed by atoms with Crippen molar-refractivity contribution in [2.45, 2.75) is 45.8 Å². The largest absolute Gasteiger partial charge is 0.491 e. The normalized spacial score (nSPS) is 20.0. The van der Waals surface area contributed by atoms with E-state index in [-0.39, 0.29) is 0 Å². The molecular weight excluding hydrogens is 277 g/mol. The van der Waals surface area contributed by atoms with Gasteiger partial charge in [0.25, 0.3) is 0 Å². The smallest absolute Gasteiger partial charge is 0.400 e. The lowest BCUT2D eigenvalue weighted by Crippen LogP contribution is -2.41. The molecule has 0 spiro atoms. The van der Waals surface area contributed by atoms with Crippen LogP contribution in [0.25, 0.3) is 6.08 Å². The fourth-order valence-corrected chi connectivity index (χ4v) is 2.22. The maximum absolute atomic E-state index is 8.94. The second-order valence-corrected chi connectivity index (χ2v) is 6.56. The molecule has 0 atom stereocenters. The number of aryl methyl sites for hydroxylation is 1. The number of pyridine rings is 1. The zero-order valence-electron chi connectivity index (χ0n) is 13.8. The van der Waals surface area contributed by atoms with Crippen LogP contribution < -0.4 is 5.73 Å². The second kappa shape index (κ2) is 5.84. The summed E-state index contributed by atoms with van der Waals surface area (Å²) in [7, 11) is -0.467. The zero-order valence-corrected chi connectivity index (χ0v) is 13.8. The van der Waals surface area contributed by atoms with Gasteiger partial charge in [-0.1, -0.05) is 6.08 Å². The molecule has 2 heterocycles. The van der Waals surface area contributed by atoms with E-state index in [4.69, 9.17) is 20.3 Å². The maximum atomic E-state index is 8.94. The molecule has 0 bridgehead atoms. The van der Waals surface area contributed by atoms with Gasteiger partial charge in [0, 0.05) is 12.7 Å². The molecule has 6 heteroatoms. The molecule has 0 saturated carbocycles. The van der Waals surface area contributed by atoms with E-state index in [1.807, 2.05) is 46.8 Å². The van der Waals surface area contributed by atoms with Crippen molar-refractivity contribution in [2.24, 2.45) is 5.73 Å². The third kappa shape index (κ3) is 3.07. The van der Waals surface area contributed by atoms with Gasteiger partial charge in [-0.2, -0.15) is 5.26 Å². The van der Waals surface area contributed by atoms with Gasteiger partial charge in [-0.05, 0) is 57.3 Å². The van der Waals surface area contributed by atoms with Crippen LogP contribution in [-0.2, 0) is 9.31 Å². The monoisotopic (exact) mass is 299 g/mol. The van der Waals surface area contributed by atoms with Crippen LogP contribution >= 0.6 is 0 Å². The van der Waals surface area contributed by atoms with E-state index in [9.17, 15) is 0 Å². The molecule has 2 N–H and O–H groups in total. The first kappa shape index (κ1) is 16.7. The lowest BCUT2D eigenvalue weighted by Gasteiger charge is -2.32. The predicted octanol–water partition coefficient (Wildman–Crippen LogP) is 2.24. The summed E-state index contributed by atoms with van der Waals surface area (Å²) in [5, 5.41) is 8.94. The van der Waals surface area contributed by atoms with Gasteiger partial charge < -0.3 is 15.0 Å². The van der Waals surface area contributed by atoms with E-state index < -0.39 is 18.3 Å². The molecule has 116 valence electrons. The zero-order chi connectivity index (χ0) is 16.5. The first-order valence-electron chi connectivity index (χ1n) is 7.33. The molecular formula is C16H22BN3O2. The highest BCUT2D eigenvalue weighted by molar-refractivity contribution is 6.55. The Bertz CT molecular complexity index is 631. The van der Waals surface area contributed by atoms with Gasteiger partial charge in [-0.25, -0.2) is 4.98 Å². The molecule has 1 aromatic heterocycles. The minimum Gasteiger partial charge on any atom is -0.400 e. The summed E-state index contributed by atoms with van der Waals surface area (Å²) in [5.41, 5.74) is 8.07. The molecule has 1 aliphatic heterocycles. The highest BCUT2D eigenvalue weighted by Gasteiger charge is 2.52. The molecule has 0 amide bonds. The Balaban J connectivity index is 2.30. The van der Waals surface area contributed by atoms with Crippen molar-refractivity contribution in [3.05, 3.63) is 34.6 Å². The van der Waals surface area contributed by atoms with Crippen LogP contribution in [0.4, 0.5) is 0 Å². The van der Waals surface area contributed by atoms with Crippen molar-refractivity contribution >= 4 is 13.2 Å². The van der Waals surface area contributed by atoms with E-state index in [2.05, 4.69) is 11.1 Å². The molecule has 1 fully saturated rings. The van der Waals surface area contributed by atoms with Gasteiger partial charge in [0.05, 0.1) is 11.2 Å². The Morgan fingerprint density at radius 3 is 2.41 bits per heavy atom. The minimum atomic E-state index is -0.467.